The van der Waals surface area contributed by atoms with Gasteiger partial charge in [-0.05, 0) is 29.8 Å². The van der Waals surface area contributed by atoms with Gasteiger partial charge in [-0.15, -0.1) is 0 Å². The number of hydrogen-bond acceptors (Lipinski definition) is 3. The zero-order chi connectivity index (χ0) is 17.0. The van der Waals surface area contributed by atoms with E-state index in [9.17, 15) is 9.59 Å². The summed E-state index contributed by atoms with van der Waals surface area (Å²) in [5.74, 6) is -0.683. The summed E-state index contributed by atoms with van der Waals surface area (Å²) in [7, 11) is 0. The number of hydrogen-bond donors (Lipinski definition) is 4. The third kappa shape index (κ3) is 4.13. The molecule has 0 aliphatic rings. The molecule has 0 bridgehead atoms. The lowest BCUT2D eigenvalue weighted by molar-refractivity contribution is 0.100. The van der Waals surface area contributed by atoms with Gasteiger partial charge in [0.1, 0.15) is 0 Å². The summed E-state index contributed by atoms with van der Waals surface area (Å²) in [5, 5.41) is 5.84. The average Bonchev–Trinajstić information content (AvgIpc) is 2.49. The van der Waals surface area contributed by atoms with Gasteiger partial charge < -0.3 is 22.1 Å². The maximum absolute atomic E-state index is 12.2. The molecule has 23 heavy (non-hydrogen) atoms. The van der Waals surface area contributed by atoms with Crippen molar-refractivity contribution in [1.82, 2.24) is 0 Å². The molecular weight excluding hydrogens is 339 g/mol. The predicted molar refractivity (Wildman–Crippen MR) is 92.0 cm³/mol. The van der Waals surface area contributed by atoms with Crippen molar-refractivity contribution in [3.05, 3.63) is 57.6 Å². The molecule has 0 heterocycles. The van der Waals surface area contributed by atoms with Crippen molar-refractivity contribution in [2.75, 3.05) is 10.6 Å². The Balaban J connectivity index is 2.24. The number of nitrogens with one attached hydrogen (secondary N) is 2. The zero-order valence-electron chi connectivity index (χ0n) is 11.9. The Hall–Kier alpha value is -2.28. The standard InChI is InChI=1S/C15H14Cl2N4O2/c16-9-4-5-10(14(19)22)12(6-9)20-15(23)21-13-8(7-18)2-1-3-11(13)17/h1-6H,7,18H2,(H2,19,22)(H2,20,21,23). The predicted octanol–water partition coefficient (Wildman–Crippen LogP) is 3.20. The number of primary amides is 1. The minimum atomic E-state index is -0.683. The number of amides is 3. The first kappa shape index (κ1) is 17.1. The molecular formula is C15H14Cl2N4O2. The summed E-state index contributed by atoms with van der Waals surface area (Å²) >= 11 is 11.9. The molecule has 0 atom stereocenters. The molecule has 0 radical (unpaired) electrons. The second-order valence-electron chi connectivity index (χ2n) is 4.61. The van der Waals surface area contributed by atoms with E-state index in [-0.39, 0.29) is 17.8 Å². The summed E-state index contributed by atoms with van der Waals surface area (Å²) in [5.41, 5.74) is 12.3. The number of rotatable bonds is 4. The first-order chi connectivity index (χ1) is 10.9. The molecule has 0 saturated carbocycles. The molecule has 0 saturated heterocycles. The Labute approximate surface area is 142 Å². The van der Waals surface area contributed by atoms with Crippen molar-refractivity contribution in [2.45, 2.75) is 6.54 Å². The van der Waals surface area contributed by atoms with Gasteiger partial charge in [0, 0.05) is 11.6 Å². The van der Waals surface area contributed by atoms with Crippen LogP contribution in [0.15, 0.2) is 36.4 Å². The highest BCUT2D eigenvalue weighted by molar-refractivity contribution is 6.34. The van der Waals surface area contributed by atoms with E-state index < -0.39 is 11.9 Å². The molecule has 0 unspecified atom stereocenters. The fraction of sp³-hybridized carbons (Fsp3) is 0.0667. The van der Waals surface area contributed by atoms with E-state index in [4.69, 9.17) is 34.7 Å². The Kier molecular flexibility index (Phi) is 5.44. The fourth-order valence-corrected chi connectivity index (χ4v) is 2.39. The smallest absolute Gasteiger partial charge is 0.323 e. The Morgan fingerprint density at radius 1 is 1.09 bits per heavy atom. The van der Waals surface area contributed by atoms with Crippen LogP contribution in [0.4, 0.5) is 16.2 Å². The van der Waals surface area contributed by atoms with Gasteiger partial charge >= 0.3 is 6.03 Å². The van der Waals surface area contributed by atoms with Crippen LogP contribution in [0.2, 0.25) is 10.0 Å². The minimum absolute atomic E-state index is 0.141. The quantitative estimate of drug-likeness (QED) is 0.677. The maximum atomic E-state index is 12.2. The number of carbonyl (C=O) groups is 2. The van der Waals surface area contributed by atoms with Gasteiger partial charge in [-0.3, -0.25) is 4.79 Å². The monoisotopic (exact) mass is 352 g/mol. The molecule has 2 aromatic carbocycles. The summed E-state index contributed by atoms with van der Waals surface area (Å²) < 4.78 is 0. The zero-order valence-corrected chi connectivity index (χ0v) is 13.4. The summed E-state index contributed by atoms with van der Waals surface area (Å²) in [6, 6.07) is 8.87. The topological polar surface area (TPSA) is 110 Å². The molecule has 6 nitrogen and oxygen atoms in total. The van der Waals surface area contributed by atoms with Crippen molar-refractivity contribution in [1.29, 1.82) is 0 Å². The SMILES string of the molecule is NCc1cccc(Cl)c1NC(=O)Nc1cc(Cl)ccc1C(N)=O. The number of urea groups is 1. The molecule has 0 fully saturated rings. The number of carbonyl (C=O) groups excluding carboxylic acids is 2. The fourth-order valence-electron chi connectivity index (χ4n) is 1.98. The third-order valence-corrected chi connectivity index (χ3v) is 3.60. The van der Waals surface area contributed by atoms with Crippen molar-refractivity contribution in [3.63, 3.8) is 0 Å². The second-order valence-corrected chi connectivity index (χ2v) is 5.46. The van der Waals surface area contributed by atoms with Crippen LogP contribution >= 0.6 is 23.2 Å². The van der Waals surface area contributed by atoms with Crippen molar-refractivity contribution in [3.8, 4) is 0 Å². The van der Waals surface area contributed by atoms with Crippen LogP contribution < -0.4 is 22.1 Å². The van der Waals surface area contributed by atoms with Crippen LogP contribution in [-0.4, -0.2) is 11.9 Å². The van der Waals surface area contributed by atoms with Gasteiger partial charge in [0.05, 0.1) is 22.0 Å². The molecule has 3 amide bonds. The van der Waals surface area contributed by atoms with Gasteiger partial charge in [0.15, 0.2) is 0 Å². The van der Waals surface area contributed by atoms with Crippen molar-refractivity contribution < 1.29 is 9.59 Å². The third-order valence-electron chi connectivity index (χ3n) is 3.05. The Morgan fingerprint density at radius 2 is 1.83 bits per heavy atom. The molecule has 120 valence electrons. The number of halogens is 2. The molecule has 2 rings (SSSR count). The maximum Gasteiger partial charge on any atom is 0.323 e. The largest absolute Gasteiger partial charge is 0.366 e. The molecule has 0 spiro atoms. The van der Waals surface area contributed by atoms with Gasteiger partial charge in [-0.2, -0.15) is 0 Å². The minimum Gasteiger partial charge on any atom is -0.366 e. The van der Waals surface area contributed by atoms with Gasteiger partial charge in [0.25, 0.3) is 5.91 Å². The van der Waals surface area contributed by atoms with Gasteiger partial charge in [-0.25, -0.2) is 4.79 Å². The van der Waals surface area contributed by atoms with Crippen LogP contribution in [0.25, 0.3) is 0 Å². The highest BCUT2D eigenvalue weighted by atomic mass is 35.5. The lowest BCUT2D eigenvalue weighted by Gasteiger charge is -2.14. The molecule has 0 aromatic heterocycles. The van der Waals surface area contributed by atoms with Crippen molar-refractivity contribution in [2.24, 2.45) is 11.5 Å². The van der Waals surface area contributed by atoms with E-state index in [1.807, 2.05) is 0 Å². The molecule has 8 heteroatoms. The number of benzene rings is 2. The van der Waals surface area contributed by atoms with Crippen LogP contribution in [0, 0.1) is 0 Å². The first-order valence-corrected chi connectivity index (χ1v) is 7.32. The van der Waals surface area contributed by atoms with Gasteiger partial charge in [-0.1, -0.05) is 35.3 Å². The van der Waals surface area contributed by atoms with E-state index >= 15 is 0 Å². The van der Waals surface area contributed by atoms with E-state index in [0.29, 0.717) is 21.3 Å². The van der Waals surface area contributed by atoms with Gasteiger partial charge in [0.2, 0.25) is 0 Å². The van der Waals surface area contributed by atoms with E-state index in [2.05, 4.69) is 10.6 Å². The van der Waals surface area contributed by atoms with E-state index in [1.54, 1.807) is 18.2 Å². The number of nitrogens with two attached hydrogens (primary N) is 2. The summed E-state index contributed by atoms with van der Waals surface area (Å²) in [6.45, 7) is 0.208. The molecule has 6 N–H and O–H groups in total. The lowest BCUT2D eigenvalue weighted by Crippen LogP contribution is -2.23. The molecule has 2 aromatic rings. The normalized spacial score (nSPS) is 10.2. The molecule has 0 aliphatic heterocycles. The van der Waals surface area contributed by atoms with E-state index in [0.717, 1.165) is 0 Å². The van der Waals surface area contributed by atoms with Crippen LogP contribution in [0.1, 0.15) is 15.9 Å². The first-order valence-electron chi connectivity index (χ1n) is 6.57. The number of para-hydroxylation sites is 1. The second kappa shape index (κ2) is 7.32. The van der Waals surface area contributed by atoms with E-state index in [1.165, 1.54) is 18.2 Å². The number of anilines is 2. The highest BCUT2D eigenvalue weighted by Crippen LogP contribution is 2.26. The van der Waals surface area contributed by atoms with Crippen LogP contribution in [-0.2, 0) is 6.54 Å². The highest BCUT2D eigenvalue weighted by Gasteiger charge is 2.14. The average molecular weight is 353 g/mol. The lowest BCUT2D eigenvalue weighted by atomic mass is 10.1. The van der Waals surface area contributed by atoms with Crippen molar-refractivity contribution >= 4 is 46.5 Å². The Morgan fingerprint density at radius 3 is 2.48 bits per heavy atom. The van der Waals surface area contributed by atoms with Crippen LogP contribution in [0.3, 0.4) is 0 Å². The van der Waals surface area contributed by atoms with Crippen LogP contribution in [0.5, 0.6) is 0 Å². The Bertz CT molecular complexity index is 765. The summed E-state index contributed by atoms with van der Waals surface area (Å²) in [4.78, 5) is 23.6. The summed E-state index contributed by atoms with van der Waals surface area (Å²) in [6.07, 6.45) is 0. The molecule has 0 aliphatic carbocycles.